The van der Waals surface area contributed by atoms with Gasteiger partial charge in [0.15, 0.2) is 4.90 Å². The molecule has 1 aromatic carbocycles. The molecule has 0 saturated heterocycles. The minimum absolute atomic E-state index is 0.162. The number of nitrogens with zero attached hydrogens (tertiary/aromatic N) is 2. The molecule has 10 heteroatoms. The zero-order valence-corrected chi connectivity index (χ0v) is 14.3. The molecule has 0 aliphatic heterocycles. The van der Waals surface area contributed by atoms with Crippen LogP contribution < -0.4 is 26.4 Å². The van der Waals surface area contributed by atoms with Gasteiger partial charge in [-0.05, 0) is 19.1 Å². The maximum atomic E-state index is 12.6. The molecular formula is C14H18N4O5S. The number of ether oxygens (including phenoxy) is 1. The summed E-state index contributed by atoms with van der Waals surface area (Å²) in [7, 11) is -1.87. The van der Waals surface area contributed by atoms with Crippen molar-refractivity contribution in [3.05, 3.63) is 45.1 Å². The summed E-state index contributed by atoms with van der Waals surface area (Å²) in [4.78, 5) is 23.3. The predicted octanol–water partition coefficient (Wildman–Crippen LogP) is -0.134. The number of benzene rings is 1. The number of nitrogen functional groups attached to an aromatic ring is 1. The third-order valence-electron chi connectivity index (χ3n) is 3.37. The lowest BCUT2D eigenvalue weighted by Gasteiger charge is -2.15. The highest BCUT2D eigenvalue weighted by atomic mass is 32.2. The molecular weight excluding hydrogens is 336 g/mol. The van der Waals surface area contributed by atoms with E-state index >= 15 is 0 Å². The molecule has 130 valence electrons. The van der Waals surface area contributed by atoms with Crippen molar-refractivity contribution in [2.75, 3.05) is 17.1 Å². The zero-order chi connectivity index (χ0) is 18.1. The second-order valence-corrected chi connectivity index (χ2v) is 6.57. The summed E-state index contributed by atoms with van der Waals surface area (Å²) in [6, 6.07) is 6.37. The number of sulfonamides is 1. The second kappa shape index (κ2) is 6.40. The summed E-state index contributed by atoms with van der Waals surface area (Å²) >= 11 is 0. The van der Waals surface area contributed by atoms with Crippen molar-refractivity contribution in [2.24, 2.45) is 14.1 Å². The zero-order valence-electron chi connectivity index (χ0n) is 13.4. The minimum atomic E-state index is -4.33. The van der Waals surface area contributed by atoms with Crippen molar-refractivity contribution in [1.29, 1.82) is 0 Å². The summed E-state index contributed by atoms with van der Waals surface area (Å²) in [6.45, 7) is 2.09. The number of para-hydroxylation sites is 2. The number of hydrogen-bond acceptors (Lipinski definition) is 6. The van der Waals surface area contributed by atoms with Crippen LogP contribution in [0.25, 0.3) is 0 Å². The molecule has 0 radical (unpaired) electrons. The first-order valence-corrected chi connectivity index (χ1v) is 8.49. The maximum absolute atomic E-state index is 12.6. The Morgan fingerprint density at radius 1 is 1.17 bits per heavy atom. The maximum Gasteiger partial charge on any atom is 0.332 e. The third-order valence-corrected chi connectivity index (χ3v) is 4.78. The normalized spacial score (nSPS) is 11.3. The van der Waals surface area contributed by atoms with E-state index in [0.717, 1.165) is 4.57 Å². The molecule has 0 fully saturated rings. The van der Waals surface area contributed by atoms with Gasteiger partial charge < -0.3 is 10.5 Å². The third kappa shape index (κ3) is 3.00. The Labute approximate surface area is 138 Å². The summed E-state index contributed by atoms with van der Waals surface area (Å²) in [6.07, 6.45) is 0. The first-order valence-electron chi connectivity index (χ1n) is 7.00. The van der Waals surface area contributed by atoms with Gasteiger partial charge in [-0.25, -0.2) is 13.2 Å². The van der Waals surface area contributed by atoms with Crippen molar-refractivity contribution >= 4 is 21.5 Å². The highest BCUT2D eigenvalue weighted by molar-refractivity contribution is 7.92. The van der Waals surface area contributed by atoms with Crippen LogP contribution in [-0.2, 0) is 24.1 Å². The molecule has 9 nitrogen and oxygen atoms in total. The largest absolute Gasteiger partial charge is 0.492 e. The van der Waals surface area contributed by atoms with Crippen LogP contribution in [0.4, 0.5) is 11.5 Å². The molecule has 0 atom stereocenters. The van der Waals surface area contributed by atoms with E-state index < -0.39 is 32.0 Å². The fraction of sp³-hybridized carbons (Fsp3) is 0.286. The van der Waals surface area contributed by atoms with Gasteiger partial charge in [-0.1, -0.05) is 12.1 Å². The summed E-state index contributed by atoms with van der Waals surface area (Å²) in [5.41, 5.74) is 4.13. The second-order valence-electron chi connectivity index (χ2n) is 4.95. The fourth-order valence-electron chi connectivity index (χ4n) is 2.11. The molecule has 0 bridgehead atoms. The average molecular weight is 354 g/mol. The van der Waals surface area contributed by atoms with Crippen molar-refractivity contribution in [1.82, 2.24) is 9.13 Å². The van der Waals surface area contributed by atoms with Crippen molar-refractivity contribution in [3.63, 3.8) is 0 Å². The quantitative estimate of drug-likeness (QED) is 0.770. The monoisotopic (exact) mass is 354 g/mol. The molecule has 0 amide bonds. The van der Waals surface area contributed by atoms with Crippen LogP contribution in [0.15, 0.2) is 38.8 Å². The number of hydrogen-bond donors (Lipinski definition) is 2. The van der Waals surface area contributed by atoms with E-state index in [0.29, 0.717) is 16.9 Å². The lowest BCUT2D eigenvalue weighted by atomic mass is 10.3. The molecule has 1 aromatic heterocycles. The molecule has 0 saturated carbocycles. The predicted molar refractivity (Wildman–Crippen MR) is 89.8 cm³/mol. The Morgan fingerprint density at radius 3 is 2.42 bits per heavy atom. The molecule has 24 heavy (non-hydrogen) atoms. The highest BCUT2D eigenvalue weighted by Gasteiger charge is 2.27. The van der Waals surface area contributed by atoms with Crippen molar-refractivity contribution < 1.29 is 13.2 Å². The molecule has 3 N–H and O–H groups in total. The van der Waals surface area contributed by atoms with Crippen LogP contribution in [0.1, 0.15) is 6.92 Å². The number of nitrogens with two attached hydrogens (primary N) is 1. The fourth-order valence-corrected chi connectivity index (χ4v) is 3.45. The number of nitrogens with one attached hydrogen (secondary N) is 1. The summed E-state index contributed by atoms with van der Waals surface area (Å²) in [5, 5.41) is 0. The first kappa shape index (κ1) is 17.6. The van der Waals surface area contributed by atoms with Gasteiger partial charge in [-0.15, -0.1) is 0 Å². The van der Waals surface area contributed by atoms with Gasteiger partial charge in [0.25, 0.3) is 15.6 Å². The molecule has 2 aromatic rings. The molecule has 0 unspecified atom stereocenters. The summed E-state index contributed by atoms with van der Waals surface area (Å²) in [5.74, 6) is -0.131. The van der Waals surface area contributed by atoms with Crippen LogP contribution in [0.5, 0.6) is 5.75 Å². The first-order chi connectivity index (χ1) is 11.2. The number of rotatable bonds is 5. The smallest absolute Gasteiger partial charge is 0.332 e. The van der Waals surface area contributed by atoms with Gasteiger partial charge >= 0.3 is 5.69 Å². The van der Waals surface area contributed by atoms with Gasteiger partial charge in [-0.3, -0.25) is 18.7 Å². The Kier molecular flexibility index (Phi) is 4.69. The van der Waals surface area contributed by atoms with E-state index in [1.807, 2.05) is 0 Å². The highest BCUT2D eigenvalue weighted by Crippen LogP contribution is 2.26. The van der Waals surface area contributed by atoms with Crippen LogP contribution >= 0.6 is 0 Å². The molecule has 1 heterocycles. The molecule has 2 rings (SSSR count). The van der Waals surface area contributed by atoms with Gasteiger partial charge in [0.05, 0.1) is 12.3 Å². The van der Waals surface area contributed by atoms with Crippen LogP contribution in [0, 0.1) is 0 Å². The lowest BCUT2D eigenvalue weighted by Crippen LogP contribution is -2.42. The Hall–Kier alpha value is -2.75. The SMILES string of the molecule is CCOc1ccccc1NS(=O)(=O)c1c(N)n(C)c(=O)n(C)c1=O. The minimum Gasteiger partial charge on any atom is -0.492 e. The topological polar surface area (TPSA) is 125 Å². The molecule has 0 aliphatic rings. The van der Waals surface area contributed by atoms with Gasteiger partial charge in [-0.2, -0.15) is 0 Å². The average Bonchev–Trinajstić information content (AvgIpc) is 2.53. The Balaban J connectivity index is 2.62. The van der Waals surface area contributed by atoms with Crippen molar-refractivity contribution in [3.8, 4) is 5.75 Å². The van der Waals surface area contributed by atoms with Crippen LogP contribution in [0.3, 0.4) is 0 Å². The number of aromatic nitrogens is 2. The van der Waals surface area contributed by atoms with E-state index in [4.69, 9.17) is 10.5 Å². The Bertz CT molecular complexity index is 991. The van der Waals surface area contributed by atoms with E-state index in [1.54, 1.807) is 25.1 Å². The standard InChI is InChI=1S/C14H18N4O5S/c1-4-23-10-8-6-5-7-9(10)16-24(21,22)11-12(15)17(2)14(20)18(3)13(11)19/h5-8,16H,4,15H2,1-3H3. The molecule has 0 aliphatic carbocycles. The van der Waals surface area contributed by atoms with Gasteiger partial charge in [0.1, 0.15) is 11.6 Å². The van der Waals surface area contributed by atoms with E-state index in [9.17, 15) is 18.0 Å². The lowest BCUT2D eigenvalue weighted by molar-refractivity contribution is 0.342. The van der Waals surface area contributed by atoms with E-state index in [-0.39, 0.29) is 5.69 Å². The summed E-state index contributed by atoms with van der Waals surface area (Å²) < 4.78 is 34.5. The van der Waals surface area contributed by atoms with E-state index in [1.165, 1.54) is 20.2 Å². The van der Waals surface area contributed by atoms with Crippen LogP contribution in [0.2, 0.25) is 0 Å². The Morgan fingerprint density at radius 2 is 1.79 bits per heavy atom. The van der Waals surface area contributed by atoms with Gasteiger partial charge in [0, 0.05) is 14.1 Å². The van der Waals surface area contributed by atoms with E-state index in [2.05, 4.69) is 4.72 Å². The molecule has 0 spiro atoms. The van der Waals surface area contributed by atoms with Gasteiger partial charge in [0.2, 0.25) is 0 Å². The number of anilines is 2. The van der Waals surface area contributed by atoms with Crippen LogP contribution in [-0.4, -0.2) is 24.2 Å². The van der Waals surface area contributed by atoms with Crippen molar-refractivity contribution in [2.45, 2.75) is 11.8 Å².